The van der Waals surface area contributed by atoms with Gasteiger partial charge >= 0.3 is 0 Å². The van der Waals surface area contributed by atoms with Crippen molar-refractivity contribution in [1.82, 2.24) is 10.2 Å². The zero-order chi connectivity index (χ0) is 19.5. The number of nitrogens with zero attached hydrogens (tertiary/aromatic N) is 1. The number of methoxy groups -OCH3 is 1. The van der Waals surface area contributed by atoms with Crippen LogP contribution < -0.4 is 10.1 Å². The van der Waals surface area contributed by atoms with Crippen molar-refractivity contribution in [2.24, 2.45) is 0 Å². The number of carbonyl (C=O) groups excluding carboxylic acids is 2. The molecule has 1 aliphatic carbocycles. The van der Waals surface area contributed by atoms with Crippen molar-refractivity contribution in [1.29, 1.82) is 0 Å². The van der Waals surface area contributed by atoms with E-state index in [1.165, 1.54) is 0 Å². The van der Waals surface area contributed by atoms with Gasteiger partial charge in [-0.3, -0.25) is 9.59 Å². The van der Waals surface area contributed by atoms with Crippen LogP contribution >= 0.6 is 0 Å². The number of amides is 2. The van der Waals surface area contributed by atoms with Crippen LogP contribution in [0.5, 0.6) is 5.75 Å². The Morgan fingerprint density at radius 1 is 1.04 bits per heavy atom. The molecule has 1 heterocycles. The topological polar surface area (TPSA) is 58.6 Å². The van der Waals surface area contributed by atoms with Gasteiger partial charge in [0.1, 0.15) is 5.75 Å². The highest BCUT2D eigenvalue weighted by Gasteiger charge is 2.27. The molecule has 2 aromatic rings. The Bertz CT molecular complexity index is 858. The lowest BCUT2D eigenvalue weighted by atomic mass is 9.89. The van der Waals surface area contributed by atoms with Gasteiger partial charge in [0.2, 0.25) is 0 Å². The molecule has 1 saturated carbocycles. The lowest BCUT2D eigenvalue weighted by Crippen LogP contribution is -2.39. The molecule has 5 heteroatoms. The Hall–Kier alpha value is -2.82. The largest absolute Gasteiger partial charge is 0.497 e. The fraction of sp³-hybridized carbons (Fsp3) is 0.391. The third-order valence-electron chi connectivity index (χ3n) is 5.58. The number of hydrogen-bond acceptors (Lipinski definition) is 3. The second kappa shape index (κ2) is 8.05. The number of benzene rings is 2. The molecule has 0 radical (unpaired) electrons. The van der Waals surface area contributed by atoms with Crippen molar-refractivity contribution in [2.75, 3.05) is 20.2 Å². The van der Waals surface area contributed by atoms with Crippen LogP contribution in [0.1, 0.15) is 57.9 Å². The molecule has 2 fully saturated rings. The predicted octanol–water partition coefficient (Wildman–Crippen LogP) is 3.61. The molecule has 0 aromatic heterocycles. The van der Waals surface area contributed by atoms with E-state index in [4.69, 9.17) is 4.74 Å². The zero-order valence-corrected chi connectivity index (χ0v) is 16.2. The first-order valence-corrected chi connectivity index (χ1v) is 9.98. The molecule has 5 nitrogen and oxygen atoms in total. The average Bonchev–Trinajstić information content (AvgIpc) is 3.57. The van der Waals surface area contributed by atoms with Crippen LogP contribution in [0.4, 0.5) is 0 Å². The van der Waals surface area contributed by atoms with Crippen molar-refractivity contribution in [3.8, 4) is 5.75 Å². The Kier molecular flexibility index (Phi) is 5.33. The van der Waals surface area contributed by atoms with E-state index in [2.05, 4.69) is 11.4 Å². The van der Waals surface area contributed by atoms with Crippen LogP contribution in [0.2, 0.25) is 0 Å². The van der Waals surface area contributed by atoms with E-state index in [1.807, 2.05) is 47.4 Å². The smallest absolute Gasteiger partial charge is 0.253 e. The summed E-state index contributed by atoms with van der Waals surface area (Å²) in [6.45, 7) is 1.45. The molecule has 2 amide bonds. The van der Waals surface area contributed by atoms with Crippen molar-refractivity contribution in [3.63, 3.8) is 0 Å². The summed E-state index contributed by atoms with van der Waals surface area (Å²) in [5.41, 5.74) is 2.53. The number of ether oxygens (including phenoxy) is 1. The third kappa shape index (κ3) is 4.19. The first-order chi connectivity index (χ1) is 13.6. The molecule has 2 aliphatic rings. The van der Waals surface area contributed by atoms with Crippen LogP contribution in [0.25, 0.3) is 0 Å². The van der Waals surface area contributed by atoms with Gasteiger partial charge in [0.05, 0.1) is 7.11 Å². The summed E-state index contributed by atoms with van der Waals surface area (Å²) in [6.07, 6.45) is 4.15. The van der Waals surface area contributed by atoms with Gasteiger partial charge < -0.3 is 15.0 Å². The van der Waals surface area contributed by atoms with Crippen molar-refractivity contribution >= 4 is 11.8 Å². The third-order valence-corrected chi connectivity index (χ3v) is 5.58. The van der Waals surface area contributed by atoms with Crippen LogP contribution in [0, 0.1) is 0 Å². The van der Waals surface area contributed by atoms with E-state index in [9.17, 15) is 9.59 Å². The molecule has 4 rings (SSSR count). The maximum absolute atomic E-state index is 12.9. The quantitative estimate of drug-likeness (QED) is 0.865. The first-order valence-electron chi connectivity index (χ1n) is 9.98. The summed E-state index contributed by atoms with van der Waals surface area (Å²) < 4.78 is 5.17. The summed E-state index contributed by atoms with van der Waals surface area (Å²) in [5.74, 6) is 1.06. The van der Waals surface area contributed by atoms with E-state index in [1.54, 1.807) is 7.11 Å². The van der Waals surface area contributed by atoms with E-state index < -0.39 is 0 Å². The molecule has 1 saturated heterocycles. The minimum Gasteiger partial charge on any atom is -0.497 e. The minimum absolute atomic E-state index is 0.00586. The second-order valence-corrected chi connectivity index (χ2v) is 7.69. The van der Waals surface area contributed by atoms with E-state index in [0.29, 0.717) is 23.7 Å². The zero-order valence-electron chi connectivity index (χ0n) is 16.2. The molecule has 2 aromatic carbocycles. The first kappa shape index (κ1) is 18.5. The molecule has 146 valence electrons. The van der Waals surface area contributed by atoms with E-state index >= 15 is 0 Å². The lowest BCUT2D eigenvalue weighted by molar-refractivity contribution is 0.0706. The van der Waals surface area contributed by atoms with Gasteiger partial charge in [-0.25, -0.2) is 0 Å². The number of nitrogens with one attached hydrogen (secondary N) is 1. The van der Waals surface area contributed by atoms with E-state index in [-0.39, 0.29) is 17.7 Å². The minimum atomic E-state index is 0.00586. The number of likely N-dealkylation sites (tertiary alicyclic amines) is 1. The summed E-state index contributed by atoms with van der Waals surface area (Å²) >= 11 is 0. The molecule has 28 heavy (non-hydrogen) atoms. The Morgan fingerprint density at radius 2 is 1.82 bits per heavy atom. The molecule has 1 aliphatic heterocycles. The lowest BCUT2D eigenvalue weighted by Gasteiger charge is -2.33. The van der Waals surface area contributed by atoms with Gasteiger partial charge in [0.15, 0.2) is 0 Å². The molecule has 1 atom stereocenters. The van der Waals surface area contributed by atoms with Crippen LogP contribution in [0.15, 0.2) is 48.5 Å². The van der Waals surface area contributed by atoms with Gasteiger partial charge in [-0.05, 0) is 67.6 Å². The molecule has 1 unspecified atom stereocenters. The Morgan fingerprint density at radius 3 is 2.54 bits per heavy atom. The number of piperidine rings is 1. The van der Waals surface area contributed by atoms with Gasteiger partial charge in [-0.1, -0.05) is 12.1 Å². The van der Waals surface area contributed by atoms with Crippen LogP contribution in [-0.4, -0.2) is 43.0 Å². The van der Waals surface area contributed by atoms with Crippen LogP contribution in [0.3, 0.4) is 0 Å². The molecular formula is C23H26N2O3. The highest BCUT2D eigenvalue weighted by molar-refractivity contribution is 5.95. The van der Waals surface area contributed by atoms with Gasteiger partial charge in [0.25, 0.3) is 11.8 Å². The van der Waals surface area contributed by atoms with Crippen molar-refractivity contribution in [3.05, 3.63) is 65.2 Å². The molecular weight excluding hydrogens is 352 g/mol. The number of carbonyl (C=O) groups is 2. The summed E-state index contributed by atoms with van der Waals surface area (Å²) in [5, 5.41) is 3.04. The molecule has 1 N–H and O–H groups in total. The number of rotatable bonds is 5. The monoisotopic (exact) mass is 378 g/mol. The standard InChI is InChI=1S/C23H26N2O3/c1-28-21-11-7-16(8-12-21)23(27)25-13-3-6-19(15-25)17-4-2-5-18(14-17)22(26)24-20-9-10-20/h2,4-5,7-8,11-12,14,19-20H,3,6,9-10,13,15H2,1H3,(H,24,26). The van der Waals surface area contributed by atoms with Crippen molar-refractivity contribution in [2.45, 2.75) is 37.6 Å². The average molecular weight is 378 g/mol. The Balaban J connectivity index is 1.45. The summed E-state index contributed by atoms with van der Waals surface area (Å²) in [4.78, 5) is 27.2. The maximum atomic E-state index is 12.9. The van der Waals surface area contributed by atoms with Crippen LogP contribution in [-0.2, 0) is 0 Å². The number of hydrogen-bond donors (Lipinski definition) is 1. The fourth-order valence-corrected chi connectivity index (χ4v) is 3.78. The summed E-state index contributed by atoms with van der Waals surface area (Å²) in [7, 11) is 1.62. The predicted molar refractivity (Wildman–Crippen MR) is 108 cm³/mol. The SMILES string of the molecule is COc1ccc(C(=O)N2CCCC(c3cccc(C(=O)NC4CC4)c3)C2)cc1. The summed E-state index contributed by atoms with van der Waals surface area (Å²) in [6, 6.07) is 15.5. The van der Waals surface area contributed by atoms with Gasteiger partial charge in [-0.2, -0.15) is 0 Å². The molecule has 0 bridgehead atoms. The fourth-order valence-electron chi connectivity index (χ4n) is 3.78. The highest BCUT2D eigenvalue weighted by atomic mass is 16.5. The Labute approximate surface area is 165 Å². The molecule has 0 spiro atoms. The van der Waals surface area contributed by atoms with Gasteiger partial charge in [0, 0.05) is 36.2 Å². The second-order valence-electron chi connectivity index (χ2n) is 7.69. The van der Waals surface area contributed by atoms with E-state index in [0.717, 1.165) is 43.5 Å². The maximum Gasteiger partial charge on any atom is 0.253 e. The highest BCUT2D eigenvalue weighted by Crippen LogP contribution is 2.29. The normalized spacial score (nSPS) is 19.2. The van der Waals surface area contributed by atoms with Crippen molar-refractivity contribution < 1.29 is 14.3 Å². The van der Waals surface area contributed by atoms with Gasteiger partial charge in [-0.15, -0.1) is 0 Å².